The summed E-state index contributed by atoms with van der Waals surface area (Å²) in [6, 6.07) is 2.28. The van der Waals surface area contributed by atoms with E-state index in [2.05, 4.69) is 25.9 Å². The van der Waals surface area contributed by atoms with Gasteiger partial charge >= 0.3 is 5.97 Å². The molecule has 3 atom stereocenters. The molecule has 0 fully saturated rings. The highest BCUT2D eigenvalue weighted by atomic mass is 16.4. The number of benzene rings is 1. The van der Waals surface area contributed by atoms with Crippen molar-refractivity contribution in [2.45, 2.75) is 43.8 Å². The van der Waals surface area contributed by atoms with Crippen LogP contribution in [0.4, 0.5) is 0 Å². The molecule has 1 heterocycles. The first-order valence-corrected chi connectivity index (χ1v) is 10.9. The number of nitrogens with one attached hydrogen (secondary N) is 4. The molecule has 3 unspecified atom stereocenters. The second kappa shape index (κ2) is 13.4. The van der Waals surface area contributed by atoms with Gasteiger partial charge in [0.25, 0.3) is 0 Å². The molecule has 0 aliphatic rings. The van der Waals surface area contributed by atoms with Crippen LogP contribution in [0.5, 0.6) is 5.75 Å². The second-order valence-corrected chi connectivity index (χ2v) is 8.00. The Morgan fingerprint density at radius 1 is 1.00 bits per heavy atom. The Morgan fingerprint density at radius 2 is 1.69 bits per heavy atom. The Hall–Kier alpha value is -4.46. The van der Waals surface area contributed by atoms with Crippen molar-refractivity contribution >= 4 is 29.6 Å². The van der Waals surface area contributed by atoms with Gasteiger partial charge in [-0.05, 0) is 24.1 Å². The number of hydrogen-bond donors (Lipinski definition) is 8. The minimum atomic E-state index is -1.31. The van der Waals surface area contributed by atoms with Gasteiger partial charge in [-0.3, -0.25) is 19.2 Å². The lowest BCUT2D eigenvalue weighted by Gasteiger charge is -2.21. The van der Waals surface area contributed by atoms with Crippen LogP contribution in [0.1, 0.15) is 24.1 Å². The predicted octanol–water partition coefficient (Wildman–Crippen LogP) is -2.34. The van der Waals surface area contributed by atoms with Gasteiger partial charge in [0.15, 0.2) is 0 Å². The number of H-pyrrole nitrogens is 1. The molecule has 0 aliphatic carbocycles. The van der Waals surface area contributed by atoms with Crippen molar-refractivity contribution in [3.05, 3.63) is 48.0 Å². The average molecular weight is 504 g/mol. The van der Waals surface area contributed by atoms with Crippen LogP contribution in [0.25, 0.3) is 0 Å². The molecule has 2 rings (SSSR count). The number of aromatic nitrogens is 2. The monoisotopic (exact) mass is 503 g/mol. The number of aliphatic carboxylic acids is 1. The van der Waals surface area contributed by atoms with E-state index in [-0.39, 0.29) is 31.4 Å². The van der Waals surface area contributed by atoms with E-state index in [0.29, 0.717) is 11.3 Å². The van der Waals surface area contributed by atoms with E-state index in [1.807, 2.05) is 0 Å². The summed E-state index contributed by atoms with van der Waals surface area (Å²) in [5.41, 5.74) is 11.7. The van der Waals surface area contributed by atoms with Crippen molar-refractivity contribution in [3.8, 4) is 5.75 Å². The van der Waals surface area contributed by atoms with Gasteiger partial charge in [0.2, 0.25) is 23.6 Å². The number of imidazole rings is 1. The molecule has 0 aliphatic heterocycles. The molecule has 36 heavy (non-hydrogen) atoms. The third-order valence-corrected chi connectivity index (χ3v) is 5.08. The van der Waals surface area contributed by atoms with Crippen LogP contribution in [0.2, 0.25) is 0 Å². The molecule has 1 aromatic heterocycles. The van der Waals surface area contributed by atoms with Crippen LogP contribution in [-0.2, 0) is 36.8 Å². The van der Waals surface area contributed by atoms with Crippen molar-refractivity contribution in [2.24, 2.45) is 11.5 Å². The molecule has 0 radical (unpaired) electrons. The number of rotatable bonds is 14. The molecule has 10 N–H and O–H groups in total. The minimum absolute atomic E-state index is 0.00521. The van der Waals surface area contributed by atoms with Gasteiger partial charge in [0, 0.05) is 31.2 Å². The molecular formula is C22H29N7O7. The van der Waals surface area contributed by atoms with Crippen molar-refractivity contribution in [1.82, 2.24) is 25.9 Å². The predicted molar refractivity (Wildman–Crippen MR) is 125 cm³/mol. The molecule has 2 aromatic rings. The Labute approximate surface area is 205 Å². The largest absolute Gasteiger partial charge is 0.508 e. The number of nitrogens with zero attached hydrogens (tertiary/aromatic N) is 1. The number of primary amides is 1. The Kier molecular flexibility index (Phi) is 10.4. The van der Waals surface area contributed by atoms with Crippen LogP contribution < -0.4 is 27.4 Å². The van der Waals surface area contributed by atoms with Gasteiger partial charge in [0.1, 0.15) is 17.8 Å². The third-order valence-electron chi connectivity index (χ3n) is 5.08. The summed E-state index contributed by atoms with van der Waals surface area (Å²) in [5, 5.41) is 26.2. The fourth-order valence-corrected chi connectivity index (χ4v) is 3.14. The maximum atomic E-state index is 12.9. The van der Waals surface area contributed by atoms with Gasteiger partial charge in [-0.25, -0.2) is 9.78 Å². The number of nitrogens with two attached hydrogens (primary N) is 2. The van der Waals surface area contributed by atoms with Crippen molar-refractivity contribution in [3.63, 3.8) is 0 Å². The maximum Gasteiger partial charge on any atom is 0.326 e. The van der Waals surface area contributed by atoms with E-state index in [9.17, 15) is 34.2 Å². The molecule has 1 aromatic carbocycles. The second-order valence-electron chi connectivity index (χ2n) is 8.00. The van der Waals surface area contributed by atoms with Gasteiger partial charge < -0.3 is 42.6 Å². The summed E-state index contributed by atoms with van der Waals surface area (Å²) in [6.45, 7) is -0.508. The normalized spacial score (nSPS) is 13.1. The van der Waals surface area contributed by atoms with Crippen LogP contribution in [0, 0.1) is 0 Å². The van der Waals surface area contributed by atoms with Crippen molar-refractivity contribution in [1.29, 1.82) is 0 Å². The Morgan fingerprint density at radius 3 is 2.28 bits per heavy atom. The first-order chi connectivity index (χ1) is 17.0. The highest BCUT2D eigenvalue weighted by molar-refractivity contribution is 5.92. The van der Waals surface area contributed by atoms with Gasteiger partial charge in [-0.2, -0.15) is 0 Å². The molecule has 0 bridgehead atoms. The maximum absolute atomic E-state index is 12.9. The summed E-state index contributed by atoms with van der Waals surface area (Å²) >= 11 is 0. The summed E-state index contributed by atoms with van der Waals surface area (Å²) in [7, 11) is 0. The summed E-state index contributed by atoms with van der Waals surface area (Å²) in [4.78, 5) is 66.6. The highest BCUT2D eigenvalue weighted by Gasteiger charge is 2.27. The van der Waals surface area contributed by atoms with E-state index in [0.717, 1.165) is 0 Å². The first-order valence-electron chi connectivity index (χ1n) is 10.9. The lowest BCUT2D eigenvalue weighted by molar-refractivity contribution is -0.142. The van der Waals surface area contributed by atoms with Crippen molar-refractivity contribution in [2.75, 3.05) is 6.54 Å². The third kappa shape index (κ3) is 9.42. The van der Waals surface area contributed by atoms with Gasteiger partial charge in [0.05, 0.1) is 18.9 Å². The number of phenolic OH excluding ortho intramolecular Hbond substituents is 1. The van der Waals surface area contributed by atoms with E-state index in [1.54, 1.807) is 0 Å². The molecule has 0 spiro atoms. The molecular weight excluding hydrogens is 474 g/mol. The number of hydrogen-bond acceptors (Lipinski definition) is 8. The standard InChI is InChI=1S/C22H29N7O7/c23-15(5-6-18(24)31)20(33)26-10-19(32)28-16(8-13-9-25-11-27-13)21(34)29-17(22(35)36)7-12-1-3-14(30)4-2-12/h1-4,9,11,15-17,30H,5-8,10,23H2,(H2,24,31)(H,25,27)(H,26,33)(H,28,32)(H,29,34)(H,35,36). The van der Waals surface area contributed by atoms with E-state index in [1.165, 1.54) is 36.8 Å². The summed E-state index contributed by atoms with van der Waals surface area (Å²) in [6.07, 6.45) is 2.63. The average Bonchev–Trinajstić information content (AvgIpc) is 3.34. The first kappa shape index (κ1) is 27.8. The molecule has 194 valence electrons. The van der Waals surface area contributed by atoms with Crippen LogP contribution in [-0.4, -0.2) is 74.4 Å². The van der Waals surface area contributed by atoms with E-state index < -0.39 is 54.3 Å². The molecule has 4 amide bonds. The van der Waals surface area contributed by atoms with Crippen molar-refractivity contribution < 1.29 is 34.2 Å². The smallest absolute Gasteiger partial charge is 0.326 e. The van der Waals surface area contributed by atoms with Crippen LogP contribution in [0.3, 0.4) is 0 Å². The number of carboxylic acid groups (broad SMARTS) is 1. The summed E-state index contributed by atoms with van der Waals surface area (Å²) < 4.78 is 0. The number of carboxylic acids is 1. The Bertz CT molecular complexity index is 1060. The van der Waals surface area contributed by atoms with Gasteiger partial charge in [-0.1, -0.05) is 12.1 Å². The topological polar surface area (TPSA) is 243 Å². The van der Waals surface area contributed by atoms with Gasteiger partial charge in [-0.15, -0.1) is 0 Å². The zero-order chi connectivity index (χ0) is 26.7. The number of amides is 4. The quantitative estimate of drug-likeness (QED) is 0.137. The number of aromatic amines is 1. The summed E-state index contributed by atoms with van der Waals surface area (Å²) in [5.74, 6) is -4.07. The fourth-order valence-electron chi connectivity index (χ4n) is 3.14. The Balaban J connectivity index is 2.02. The highest BCUT2D eigenvalue weighted by Crippen LogP contribution is 2.12. The van der Waals surface area contributed by atoms with Crippen LogP contribution >= 0.6 is 0 Å². The van der Waals surface area contributed by atoms with E-state index >= 15 is 0 Å². The lowest BCUT2D eigenvalue weighted by atomic mass is 10.0. The minimum Gasteiger partial charge on any atom is -0.508 e. The number of phenols is 1. The molecule has 0 saturated heterocycles. The van der Waals surface area contributed by atoms with E-state index in [4.69, 9.17) is 11.5 Å². The van der Waals surface area contributed by atoms with Crippen LogP contribution in [0.15, 0.2) is 36.8 Å². The SMILES string of the molecule is NC(=O)CCC(N)C(=O)NCC(=O)NC(Cc1cnc[nH]1)C(=O)NC(Cc1ccc(O)cc1)C(=O)O. The molecule has 14 heteroatoms. The molecule has 14 nitrogen and oxygen atoms in total. The number of carbonyl (C=O) groups excluding carboxylic acids is 4. The lowest BCUT2D eigenvalue weighted by Crippen LogP contribution is -2.55. The zero-order valence-electron chi connectivity index (χ0n) is 19.3. The molecule has 0 saturated carbocycles. The number of carbonyl (C=O) groups is 5. The fraction of sp³-hybridized carbons (Fsp3) is 0.364. The number of aromatic hydroxyl groups is 1. The zero-order valence-corrected chi connectivity index (χ0v) is 19.3.